The van der Waals surface area contributed by atoms with E-state index in [0.29, 0.717) is 18.0 Å². The molecule has 1 rings (SSSR count). The first-order valence-corrected chi connectivity index (χ1v) is 4.01. The Morgan fingerprint density at radius 3 is 2.62 bits per heavy atom. The lowest BCUT2D eigenvalue weighted by Gasteiger charge is -2.15. The van der Waals surface area contributed by atoms with Crippen LogP contribution in [0.1, 0.15) is 0 Å². The lowest BCUT2D eigenvalue weighted by atomic mass is 10.0. The first-order chi connectivity index (χ1) is 6.24. The molecule has 0 bridgehead atoms. The summed E-state index contributed by atoms with van der Waals surface area (Å²) in [7, 11) is 9.03. The number of methoxy groups -OCH3 is 1. The van der Waals surface area contributed by atoms with Gasteiger partial charge in [-0.1, -0.05) is 5.46 Å². The normalized spacial score (nSPS) is 10.0. The molecule has 0 N–H and O–H groups in total. The Hall–Kier alpha value is -1.10. The van der Waals surface area contributed by atoms with Gasteiger partial charge in [0.25, 0.3) is 0 Å². The molecule has 1 aromatic rings. The van der Waals surface area contributed by atoms with Crippen molar-refractivity contribution >= 4 is 19.3 Å². The minimum atomic E-state index is 0.573. The fourth-order valence-electron chi connectivity index (χ4n) is 0.857. The Kier molecular flexibility index (Phi) is 3.70. The number of nitrogens with zero attached hydrogens (tertiary/aromatic N) is 3. The van der Waals surface area contributed by atoms with Crippen LogP contribution in [0.2, 0.25) is 0 Å². The molecule has 2 radical (unpaired) electrons. The number of hydrogen-bond donors (Lipinski definition) is 0. The number of ether oxygens (including phenoxy) is 1. The third-order valence-electron chi connectivity index (χ3n) is 1.63. The molecule has 0 saturated heterocycles. The molecule has 0 saturated carbocycles. The molecular formula is C8H12BN3O. The molecule has 1 aromatic heterocycles. The average Bonchev–Trinajstić information content (AvgIpc) is 2.15. The smallest absolute Gasteiger partial charge is 0.225 e. The highest BCUT2D eigenvalue weighted by Gasteiger charge is 2.01. The van der Waals surface area contributed by atoms with E-state index in [2.05, 4.69) is 9.97 Å². The number of hydrogen-bond acceptors (Lipinski definition) is 4. The van der Waals surface area contributed by atoms with Crippen LogP contribution in [0.4, 0.5) is 5.95 Å². The van der Waals surface area contributed by atoms with Gasteiger partial charge in [-0.2, -0.15) is 0 Å². The molecule has 5 heteroatoms. The van der Waals surface area contributed by atoms with E-state index in [1.54, 1.807) is 19.5 Å². The molecule has 0 amide bonds. The van der Waals surface area contributed by atoms with Crippen LogP contribution >= 0.6 is 0 Å². The van der Waals surface area contributed by atoms with E-state index >= 15 is 0 Å². The highest BCUT2D eigenvalue weighted by atomic mass is 16.5. The lowest BCUT2D eigenvalue weighted by molar-refractivity contribution is 0.206. The van der Waals surface area contributed by atoms with E-state index in [0.717, 1.165) is 6.54 Å². The molecule has 0 aliphatic carbocycles. The van der Waals surface area contributed by atoms with Crippen molar-refractivity contribution in [3.63, 3.8) is 0 Å². The maximum atomic E-state index is 5.46. The number of anilines is 1. The average molecular weight is 177 g/mol. The third kappa shape index (κ3) is 3.03. The molecule has 1 heterocycles. The number of aromatic nitrogens is 2. The quantitative estimate of drug-likeness (QED) is 0.573. The summed E-state index contributed by atoms with van der Waals surface area (Å²) < 4.78 is 4.94. The highest BCUT2D eigenvalue weighted by Crippen LogP contribution is 1.99. The zero-order valence-electron chi connectivity index (χ0n) is 7.90. The monoisotopic (exact) mass is 177 g/mol. The van der Waals surface area contributed by atoms with E-state index < -0.39 is 0 Å². The molecule has 0 atom stereocenters. The van der Waals surface area contributed by atoms with Crippen LogP contribution in [0.5, 0.6) is 0 Å². The van der Waals surface area contributed by atoms with Crippen molar-refractivity contribution in [2.24, 2.45) is 0 Å². The largest absolute Gasteiger partial charge is 0.383 e. The van der Waals surface area contributed by atoms with Gasteiger partial charge in [-0.25, -0.2) is 9.97 Å². The Balaban J connectivity index is 2.55. The van der Waals surface area contributed by atoms with Gasteiger partial charge in [-0.3, -0.25) is 0 Å². The maximum Gasteiger partial charge on any atom is 0.225 e. The van der Waals surface area contributed by atoms with Crippen LogP contribution in [0.3, 0.4) is 0 Å². The Labute approximate surface area is 79.4 Å². The fourth-order valence-corrected chi connectivity index (χ4v) is 0.857. The lowest BCUT2D eigenvalue weighted by Crippen LogP contribution is -2.24. The summed E-state index contributed by atoms with van der Waals surface area (Å²) in [6.45, 7) is 1.42. The van der Waals surface area contributed by atoms with Gasteiger partial charge in [0.1, 0.15) is 7.85 Å². The fraction of sp³-hybridized carbons (Fsp3) is 0.500. The van der Waals surface area contributed by atoms with Crippen LogP contribution in [-0.2, 0) is 4.74 Å². The Bertz CT molecular complexity index is 252. The Morgan fingerprint density at radius 2 is 2.08 bits per heavy atom. The van der Waals surface area contributed by atoms with Crippen LogP contribution < -0.4 is 10.4 Å². The summed E-state index contributed by atoms with van der Waals surface area (Å²) in [6, 6.07) is 0. The molecular weight excluding hydrogens is 165 g/mol. The van der Waals surface area contributed by atoms with E-state index in [-0.39, 0.29) is 0 Å². The summed E-state index contributed by atoms with van der Waals surface area (Å²) in [6.07, 6.45) is 3.18. The summed E-state index contributed by atoms with van der Waals surface area (Å²) in [5.41, 5.74) is 0.573. The van der Waals surface area contributed by atoms with Crippen molar-refractivity contribution < 1.29 is 4.74 Å². The molecule has 4 nitrogen and oxygen atoms in total. The minimum absolute atomic E-state index is 0.573. The van der Waals surface area contributed by atoms with E-state index in [9.17, 15) is 0 Å². The summed E-state index contributed by atoms with van der Waals surface area (Å²) in [5, 5.41) is 0. The van der Waals surface area contributed by atoms with Crippen molar-refractivity contribution in [2.75, 3.05) is 32.2 Å². The molecule has 0 spiro atoms. The van der Waals surface area contributed by atoms with Crippen LogP contribution in [0, 0.1) is 0 Å². The predicted molar refractivity (Wildman–Crippen MR) is 52.6 cm³/mol. The maximum absolute atomic E-state index is 5.46. The minimum Gasteiger partial charge on any atom is -0.383 e. The SMILES string of the molecule is [B]c1cnc(N(C)CCOC)nc1. The van der Waals surface area contributed by atoms with Gasteiger partial charge in [0.15, 0.2) is 0 Å². The van der Waals surface area contributed by atoms with Crippen LogP contribution in [0.25, 0.3) is 0 Å². The molecule has 13 heavy (non-hydrogen) atoms. The number of rotatable bonds is 4. The standard InChI is InChI=1S/C8H12BN3O/c1-12(3-4-13-2)8-10-5-7(9)6-11-8/h5-6H,3-4H2,1-2H3. The van der Waals surface area contributed by atoms with E-state index in [1.165, 1.54) is 0 Å². The van der Waals surface area contributed by atoms with Gasteiger partial charge >= 0.3 is 0 Å². The summed E-state index contributed by atoms with van der Waals surface area (Å²) in [4.78, 5) is 10.0. The predicted octanol–water partition coefficient (Wildman–Crippen LogP) is -0.647. The zero-order chi connectivity index (χ0) is 9.68. The Morgan fingerprint density at radius 1 is 1.46 bits per heavy atom. The van der Waals surface area contributed by atoms with Crippen molar-refractivity contribution in [2.45, 2.75) is 0 Å². The van der Waals surface area contributed by atoms with Gasteiger partial charge in [0, 0.05) is 33.1 Å². The molecule has 0 aliphatic heterocycles. The van der Waals surface area contributed by atoms with E-state index in [1.807, 2.05) is 11.9 Å². The van der Waals surface area contributed by atoms with Gasteiger partial charge in [-0.05, 0) is 0 Å². The third-order valence-corrected chi connectivity index (χ3v) is 1.63. The second kappa shape index (κ2) is 4.82. The highest BCUT2D eigenvalue weighted by molar-refractivity contribution is 6.31. The molecule has 0 aromatic carbocycles. The van der Waals surface area contributed by atoms with Crippen molar-refractivity contribution in [3.05, 3.63) is 12.4 Å². The van der Waals surface area contributed by atoms with E-state index in [4.69, 9.17) is 12.6 Å². The van der Waals surface area contributed by atoms with Gasteiger partial charge in [0.05, 0.1) is 6.61 Å². The molecule has 0 unspecified atom stereocenters. The molecule has 0 fully saturated rings. The second-order valence-corrected chi connectivity index (χ2v) is 2.73. The van der Waals surface area contributed by atoms with Gasteiger partial charge < -0.3 is 9.64 Å². The van der Waals surface area contributed by atoms with Crippen molar-refractivity contribution in [1.82, 2.24) is 9.97 Å². The first kappa shape index (κ1) is 9.99. The van der Waals surface area contributed by atoms with Gasteiger partial charge in [-0.15, -0.1) is 0 Å². The zero-order valence-corrected chi connectivity index (χ0v) is 7.90. The molecule has 0 aliphatic rings. The molecule has 68 valence electrons. The van der Waals surface area contributed by atoms with Crippen LogP contribution in [0.15, 0.2) is 12.4 Å². The topological polar surface area (TPSA) is 38.2 Å². The van der Waals surface area contributed by atoms with Crippen LogP contribution in [-0.4, -0.2) is 45.1 Å². The van der Waals surface area contributed by atoms with Crippen molar-refractivity contribution in [1.29, 1.82) is 0 Å². The van der Waals surface area contributed by atoms with Gasteiger partial charge in [0.2, 0.25) is 5.95 Å². The number of likely N-dealkylation sites (N-methyl/N-ethyl adjacent to an activating group) is 1. The summed E-state index contributed by atoms with van der Waals surface area (Å²) in [5.74, 6) is 0.659. The first-order valence-electron chi connectivity index (χ1n) is 4.01. The summed E-state index contributed by atoms with van der Waals surface area (Å²) >= 11 is 0. The second-order valence-electron chi connectivity index (χ2n) is 2.73. The van der Waals surface area contributed by atoms with Crippen molar-refractivity contribution in [3.8, 4) is 0 Å².